The fraction of sp³-hybridized carbons (Fsp3) is 0.125. The van der Waals surface area contributed by atoms with Gasteiger partial charge >= 0.3 is 0 Å². The van der Waals surface area contributed by atoms with Crippen LogP contribution in [0.5, 0.6) is 0 Å². The molecule has 0 aliphatic rings. The summed E-state index contributed by atoms with van der Waals surface area (Å²) in [5.41, 5.74) is 0.739. The molecule has 0 atom stereocenters. The van der Waals surface area contributed by atoms with E-state index in [9.17, 15) is 8.42 Å². The van der Waals surface area contributed by atoms with E-state index in [1.165, 1.54) is 0 Å². The Balaban J connectivity index is 2.87. The minimum atomic E-state index is -3.23. The van der Waals surface area contributed by atoms with Crippen LogP contribution in [0.2, 0.25) is 0 Å². The summed E-state index contributed by atoms with van der Waals surface area (Å²) in [5.74, 6) is 0. The molecule has 68 valence electrons. The van der Waals surface area contributed by atoms with Gasteiger partial charge in [0, 0.05) is 11.6 Å². The van der Waals surface area contributed by atoms with E-state index in [-0.39, 0.29) is 5.03 Å². The summed E-state index contributed by atoms with van der Waals surface area (Å²) in [5, 5.41) is 7.18. The van der Waals surface area contributed by atoms with E-state index in [2.05, 4.69) is 10.2 Å². The van der Waals surface area contributed by atoms with Crippen LogP contribution in [-0.4, -0.2) is 24.9 Å². The third-order valence-corrected chi connectivity index (χ3v) is 2.80. The molecule has 0 spiro atoms. The number of hydrogen-bond acceptors (Lipinski definition) is 3. The highest BCUT2D eigenvalue weighted by molar-refractivity contribution is 7.90. The predicted molar refractivity (Wildman–Crippen MR) is 49.2 cm³/mol. The van der Waals surface area contributed by atoms with Crippen molar-refractivity contribution in [2.75, 3.05) is 6.26 Å². The number of hydrogen-bond donors (Lipinski definition) is 1. The maximum atomic E-state index is 11.2. The summed E-state index contributed by atoms with van der Waals surface area (Å²) in [6.07, 6.45) is 1.15. The molecule has 2 rings (SSSR count). The highest BCUT2D eigenvalue weighted by atomic mass is 32.2. The van der Waals surface area contributed by atoms with Crippen LogP contribution in [-0.2, 0) is 9.84 Å². The van der Waals surface area contributed by atoms with E-state index in [1.54, 1.807) is 18.2 Å². The standard InChI is InChI=1S/C8H8N2O2S/c1-13(11,12)8-6-4-2-3-5-7(6)9-10-8/h2-5H,1H3,(H,9,10). The molecular weight excluding hydrogens is 188 g/mol. The van der Waals surface area contributed by atoms with Gasteiger partial charge in [-0.2, -0.15) is 5.10 Å². The van der Waals surface area contributed by atoms with Crippen molar-refractivity contribution < 1.29 is 8.42 Å². The van der Waals surface area contributed by atoms with Crippen molar-refractivity contribution >= 4 is 20.7 Å². The van der Waals surface area contributed by atoms with Crippen molar-refractivity contribution in [2.24, 2.45) is 0 Å². The van der Waals surface area contributed by atoms with Gasteiger partial charge in [-0.25, -0.2) is 8.42 Å². The SMILES string of the molecule is CS(=O)(=O)c1n[nH]c2ccccc12. The van der Waals surface area contributed by atoms with Crippen molar-refractivity contribution in [3.05, 3.63) is 24.3 Å². The quantitative estimate of drug-likeness (QED) is 0.739. The van der Waals surface area contributed by atoms with Gasteiger partial charge in [0.15, 0.2) is 14.9 Å². The fourth-order valence-corrected chi connectivity index (χ4v) is 2.01. The average molecular weight is 196 g/mol. The van der Waals surface area contributed by atoms with Crippen LogP contribution in [0, 0.1) is 0 Å². The van der Waals surface area contributed by atoms with E-state index in [0.29, 0.717) is 5.39 Å². The van der Waals surface area contributed by atoms with E-state index in [4.69, 9.17) is 0 Å². The number of aromatic amines is 1. The number of nitrogens with zero attached hydrogens (tertiary/aromatic N) is 1. The first-order valence-electron chi connectivity index (χ1n) is 3.72. The van der Waals surface area contributed by atoms with Crippen molar-refractivity contribution in [2.45, 2.75) is 5.03 Å². The van der Waals surface area contributed by atoms with Crippen LogP contribution in [0.1, 0.15) is 0 Å². The molecule has 13 heavy (non-hydrogen) atoms. The summed E-state index contributed by atoms with van der Waals surface area (Å²) in [7, 11) is -3.23. The summed E-state index contributed by atoms with van der Waals surface area (Å²) in [4.78, 5) is 0. The minimum absolute atomic E-state index is 0.114. The van der Waals surface area contributed by atoms with Gasteiger partial charge in [0.1, 0.15) is 0 Å². The molecule has 0 fully saturated rings. The second-order valence-corrected chi connectivity index (χ2v) is 4.78. The van der Waals surface area contributed by atoms with Gasteiger partial charge in [-0.3, -0.25) is 5.10 Å². The number of fused-ring (bicyclic) bond motifs is 1. The Morgan fingerprint density at radius 3 is 2.69 bits per heavy atom. The molecule has 0 radical (unpaired) electrons. The molecular formula is C8H8N2O2S. The third-order valence-electron chi connectivity index (χ3n) is 1.79. The lowest BCUT2D eigenvalue weighted by molar-refractivity contribution is 0.598. The second-order valence-electron chi connectivity index (χ2n) is 2.85. The lowest BCUT2D eigenvalue weighted by Gasteiger charge is -1.91. The number of rotatable bonds is 1. The zero-order valence-corrected chi connectivity index (χ0v) is 7.80. The Morgan fingerprint density at radius 1 is 1.31 bits per heavy atom. The Bertz CT molecular complexity index is 542. The first-order valence-corrected chi connectivity index (χ1v) is 5.61. The van der Waals surface area contributed by atoms with Gasteiger partial charge in [0.2, 0.25) is 0 Å². The summed E-state index contributed by atoms with van der Waals surface area (Å²) in [6.45, 7) is 0. The molecule has 4 nitrogen and oxygen atoms in total. The van der Waals surface area contributed by atoms with E-state index in [0.717, 1.165) is 11.8 Å². The molecule has 0 amide bonds. The summed E-state index contributed by atoms with van der Waals surface area (Å²) < 4.78 is 22.5. The predicted octanol–water partition coefficient (Wildman–Crippen LogP) is 0.966. The minimum Gasteiger partial charge on any atom is -0.277 e. The zero-order valence-electron chi connectivity index (χ0n) is 6.98. The Morgan fingerprint density at radius 2 is 2.00 bits per heavy atom. The first kappa shape index (κ1) is 8.25. The smallest absolute Gasteiger partial charge is 0.195 e. The molecule has 1 N–H and O–H groups in total. The van der Waals surface area contributed by atoms with Crippen LogP contribution in [0.25, 0.3) is 10.9 Å². The molecule has 1 aromatic carbocycles. The van der Waals surface area contributed by atoms with Crippen LogP contribution in [0.3, 0.4) is 0 Å². The molecule has 0 aliphatic heterocycles. The number of aromatic nitrogens is 2. The number of nitrogens with one attached hydrogen (secondary N) is 1. The number of para-hydroxylation sites is 1. The first-order chi connectivity index (χ1) is 6.09. The van der Waals surface area contributed by atoms with Gasteiger partial charge in [0.25, 0.3) is 0 Å². The molecule has 1 aromatic heterocycles. The Labute approximate surface area is 75.5 Å². The molecule has 0 aliphatic carbocycles. The van der Waals surface area contributed by atoms with Gasteiger partial charge in [0.05, 0.1) is 5.52 Å². The fourth-order valence-electron chi connectivity index (χ4n) is 1.22. The monoisotopic (exact) mass is 196 g/mol. The highest BCUT2D eigenvalue weighted by Crippen LogP contribution is 2.18. The number of H-pyrrole nitrogens is 1. The Hall–Kier alpha value is -1.36. The Kier molecular flexibility index (Phi) is 1.63. The molecule has 0 bridgehead atoms. The molecule has 1 heterocycles. The van der Waals surface area contributed by atoms with E-state index in [1.807, 2.05) is 6.07 Å². The summed E-state index contributed by atoms with van der Waals surface area (Å²) in [6, 6.07) is 7.13. The van der Waals surface area contributed by atoms with Crippen LogP contribution in [0.4, 0.5) is 0 Å². The molecule has 0 saturated carbocycles. The highest BCUT2D eigenvalue weighted by Gasteiger charge is 2.14. The molecule has 5 heteroatoms. The second kappa shape index (κ2) is 2.56. The van der Waals surface area contributed by atoms with Gasteiger partial charge < -0.3 is 0 Å². The lowest BCUT2D eigenvalue weighted by atomic mass is 10.3. The average Bonchev–Trinajstić information content (AvgIpc) is 2.45. The van der Waals surface area contributed by atoms with Gasteiger partial charge in [-0.05, 0) is 12.1 Å². The number of benzene rings is 1. The molecule has 2 aromatic rings. The topological polar surface area (TPSA) is 62.8 Å². The van der Waals surface area contributed by atoms with Gasteiger partial charge in [-0.15, -0.1) is 0 Å². The van der Waals surface area contributed by atoms with Crippen LogP contribution < -0.4 is 0 Å². The molecule has 0 saturated heterocycles. The van der Waals surface area contributed by atoms with Crippen molar-refractivity contribution in [3.8, 4) is 0 Å². The third kappa shape index (κ3) is 1.31. The zero-order chi connectivity index (χ0) is 9.47. The molecule has 0 unspecified atom stereocenters. The van der Waals surface area contributed by atoms with Gasteiger partial charge in [-0.1, -0.05) is 12.1 Å². The van der Waals surface area contributed by atoms with E-state index < -0.39 is 9.84 Å². The van der Waals surface area contributed by atoms with E-state index >= 15 is 0 Å². The largest absolute Gasteiger partial charge is 0.277 e. The van der Waals surface area contributed by atoms with Crippen molar-refractivity contribution in [3.63, 3.8) is 0 Å². The lowest BCUT2D eigenvalue weighted by Crippen LogP contribution is -1.97. The normalized spacial score (nSPS) is 12.1. The van der Waals surface area contributed by atoms with Crippen LogP contribution >= 0.6 is 0 Å². The number of sulfone groups is 1. The van der Waals surface area contributed by atoms with Crippen molar-refractivity contribution in [1.82, 2.24) is 10.2 Å². The summed E-state index contributed by atoms with van der Waals surface area (Å²) >= 11 is 0. The maximum Gasteiger partial charge on any atom is 0.195 e. The maximum absolute atomic E-state index is 11.2. The van der Waals surface area contributed by atoms with Crippen molar-refractivity contribution in [1.29, 1.82) is 0 Å². The van der Waals surface area contributed by atoms with Crippen LogP contribution in [0.15, 0.2) is 29.3 Å².